The fourth-order valence-electron chi connectivity index (χ4n) is 4.15. The van der Waals surface area contributed by atoms with Crippen molar-refractivity contribution in [3.8, 4) is 11.4 Å². The largest absolute Gasteiger partial charge is 0.379 e. The van der Waals surface area contributed by atoms with Gasteiger partial charge in [0, 0.05) is 37.4 Å². The van der Waals surface area contributed by atoms with E-state index in [1.807, 2.05) is 6.92 Å². The molecular weight excluding hydrogens is 496 g/mol. The first-order chi connectivity index (χ1) is 16.5. The summed E-state index contributed by atoms with van der Waals surface area (Å²) in [6.07, 6.45) is 3.94. The lowest BCUT2D eigenvalue weighted by atomic mass is 10.1. The topological polar surface area (TPSA) is 101 Å². The van der Waals surface area contributed by atoms with Gasteiger partial charge in [0.1, 0.15) is 22.7 Å². The number of aromatic amines is 1. The normalized spacial score (nSPS) is 14.4. The number of ether oxygens (including phenoxy) is 1. The molecule has 0 aliphatic carbocycles. The fourth-order valence-corrected chi connectivity index (χ4v) is 4.34. The molecule has 4 aromatic rings. The zero-order chi connectivity index (χ0) is 23.7. The second-order valence-corrected chi connectivity index (χ2v) is 8.65. The molecule has 1 fully saturated rings. The highest BCUT2D eigenvalue weighted by Crippen LogP contribution is 2.32. The Morgan fingerprint density at radius 1 is 1.29 bits per heavy atom. The summed E-state index contributed by atoms with van der Waals surface area (Å²) < 4.78 is 22.3. The number of fused-ring (bicyclic) bond motifs is 2. The SMILES string of the molecule is CCCNC(=O)c1c[nH]c2ncc(-c3nn(CCN4CCOCC4)c4cc(Cl)cc(F)c34)nc12.Cl. The molecular formula is C23H26Cl2FN7O2. The van der Waals surface area contributed by atoms with E-state index in [2.05, 4.69) is 25.2 Å². The van der Waals surface area contributed by atoms with Crippen LogP contribution in [-0.4, -0.2) is 74.9 Å². The number of amides is 1. The van der Waals surface area contributed by atoms with E-state index >= 15 is 4.39 Å². The van der Waals surface area contributed by atoms with Gasteiger partial charge in [-0.3, -0.25) is 14.4 Å². The van der Waals surface area contributed by atoms with Gasteiger partial charge in [0.05, 0.1) is 42.4 Å². The Kier molecular flexibility index (Phi) is 7.85. The predicted molar refractivity (Wildman–Crippen MR) is 135 cm³/mol. The van der Waals surface area contributed by atoms with Crippen LogP contribution in [0.2, 0.25) is 5.02 Å². The van der Waals surface area contributed by atoms with Crippen LogP contribution >= 0.6 is 24.0 Å². The van der Waals surface area contributed by atoms with Crippen LogP contribution in [0.15, 0.2) is 24.5 Å². The van der Waals surface area contributed by atoms with E-state index < -0.39 is 5.82 Å². The smallest absolute Gasteiger partial charge is 0.255 e. The number of morpholine rings is 1. The van der Waals surface area contributed by atoms with Gasteiger partial charge < -0.3 is 15.0 Å². The number of nitrogens with one attached hydrogen (secondary N) is 2. The highest BCUT2D eigenvalue weighted by Gasteiger charge is 2.21. The van der Waals surface area contributed by atoms with Gasteiger partial charge in [-0.1, -0.05) is 18.5 Å². The third-order valence-electron chi connectivity index (χ3n) is 5.91. The van der Waals surface area contributed by atoms with Crippen molar-refractivity contribution in [2.24, 2.45) is 0 Å². The van der Waals surface area contributed by atoms with Crippen molar-refractivity contribution in [1.82, 2.24) is 34.9 Å². The van der Waals surface area contributed by atoms with Crippen LogP contribution in [0.5, 0.6) is 0 Å². The number of nitrogens with zero attached hydrogens (tertiary/aromatic N) is 5. The number of carbonyl (C=O) groups is 1. The van der Waals surface area contributed by atoms with Crippen LogP contribution < -0.4 is 5.32 Å². The average Bonchev–Trinajstić information content (AvgIpc) is 3.43. The molecule has 0 atom stereocenters. The maximum absolute atomic E-state index is 15.1. The van der Waals surface area contributed by atoms with E-state index in [9.17, 15) is 4.79 Å². The lowest BCUT2D eigenvalue weighted by molar-refractivity contribution is 0.0361. The minimum absolute atomic E-state index is 0. The van der Waals surface area contributed by atoms with Crippen molar-refractivity contribution in [1.29, 1.82) is 0 Å². The summed E-state index contributed by atoms with van der Waals surface area (Å²) >= 11 is 6.18. The van der Waals surface area contributed by atoms with Crippen LogP contribution in [0.3, 0.4) is 0 Å². The van der Waals surface area contributed by atoms with Gasteiger partial charge >= 0.3 is 0 Å². The molecule has 9 nitrogen and oxygen atoms in total. The summed E-state index contributed by atoms with van der Waals surface area (Å²) in [6.45, 7) is 6.94. The zero-order valence-corrected chi connectivity index (χ0v) is 20.8. The number of benzene rings is 1. The first-order valence-corrected chi connectivity index (χ1v) is 11.7. The van der Waals surface area contributed by atoms with Gasteiger partial charge in [-0.2, -0.15) is 5.10 Å². The Morgan fingerprint density at radius 3 is 2.86 bits per heavy atom. The van der Waals surface area contributed by atoms with Gasteiger partial charge in [0.25, 0.3) is 5.91 Å². The van der Waals surface area contributed by atoms with Crippen molar-refractivity contribution < 1.29 is 13.9 Å². The number of hydrogen-bond acceptors (Lipinski definition) is 6. The van der Waals surface area contributed by atoms with Crippen LogP contribution in [0.1, 0.15) is 23.7 Å². The molecule has 186 valence electrons. The minimum atomic E-state index is -0.480. The summed E-state index contributed by atoms with van der Waals surface area (Å²) in [5, 5.41) is 8.18. The molecule has 35 heavy (non-hydrogen) atoms. The lowest BCUT2D eigenvalue weighted by Crippen LogP contribution is -2.38. The van der Waals surface area contributed by atoms with Crippen molar-refractivity contribution in [2.75, 3.05) is 39.4 Å². The molecule has 0 saturated carbocycles. The van der Waals surface area contributed by atoms with Crippen LogP contribution in [0, 0.1) is 5.82 Å². The van der Waals surface area contributed by atoms with E-state index in [0.29, 0.717) is 70.3 Å². The standard InChI is InChI=1S/C23H25ClFN7O2.ClH/c1-2-3-26-23(33)15-12-27-22-20(15)29-17(13-28-22)21-19-16(25)10-14(24)11-18(19)32(30-21)5-4-31-6-8-34-9-7-31;/h10-13H,2-9H2,1H3,(H,26,33)(H,27,28);1H. The Morgan fingerprint density at radius 2 is 2.09 bits per heavy atom. The molecule has 3 aromatic heterocycles. The summed E-state index contributed by atoms with van der Waals surface area (Å²) in [4.78, 5) is 26.9. The maximum atomic E-state index is 15.1. The van der Waals surface area contributed by atoms with Gasteiger partial charge in [-0.15, -0.1) is 12.4 Å². The molecule has 12 heteroatoms. The van der Waals surface area contributed by atoms with Gasteiger partial charge in [-0.25, -0.2) is 14.4 Å². The monoisotopic (exact) mass is 521 g/mol. The number of aromatic nitrogens is 5. The molecule has 2 N–H and O–H groups in total. The van der Waals surface area contributed by atoms with Crippen LogP contribution in [0.25, 0.3) is 33.5 Å². The Balaban J connectivity index is 0.00000289. The van der Waals surface area contributed by atoms with Crippen LogP contribution in [0.4, 0.5) is 4.39 Å². The van der Waals surface area contributed by atoms with Crippen molar-refractivity contribution in [3.63, 3.8) is 0 Å². The average molecular weight is 522 g/mol. The summed E-state index contributed by atoms with van der Waals surface area (Å²) in [5.41, 5.74) is 2.61. The van der Waals surface area contributed by atoms with E-state index in [1.54, 1.807) is 16.9 Å². The zero-order valence-electron chi connectivity index (χ0n) is 19.2. The third kappa shape index (κ3) is 5.11. The first kappa shape index (κ1) is 25.3. The highest BCUT2D eigenvalue weighted by molar-refractivity contribution is 6.31. The second-order valence-electron chi connectivity index (χ2n) is 8.22. The van der Waals surface area contributed by atoms with Gasteiger partial charge in [0.15, 0.2) is 5.65 Å². The third-order valence-corrected chi connectivity index (χ3v) is 6.12. The number of hydrogen-bond donors (Lipinski definition) is 2. The molecule has 0 radical (unpaired) electrons. The predicted octanol–water partition coefficient (Wildman–Crippen LogP) is 3.66. The van der Waals surface area contributed by atoms with Gasteiger partial charge in [-0.05, 0) is 18.6 Å². The Labute approximate surface area is 212 Å². The summed E-state index contributed by atoms with van der Waals surface area (Å²) in [7, 11) is 0. The van der Waals surface area contributed by atoms with E-state index in [0.717, 1.165) is 26.1 Å². The molecule has 1 aromatic carbocycles. The van der Waals surface area contributed by atoms with Crippen molar-refractivity contribution in [3.05, 3.63) is 40.9 Å². The molecule has 1 amide bonds. The lowest BCUT2D eigenvalue weighted by Gasteiger charge is -2.26. The maximum Gasteiger partial charge on any atom is 0.255 e. The molecule has 0 unspecified atom stereocenters. The van der Waals surface area contributed by atoms with Gasteiger partial charge in [0.2, 0.25) is 0 Å². The number of carbonyl (C=O) groups excluding carboxylic acids is 1. The molecule has 4 heterocycles. The molecule has 1 aliphatic rings. The van der Waals surface area contributed by atoms with E-state index in [-0.39, 0.29) is 18.3 Å². The van der Waals surface area contributed by atoms with E-state index in [1.165, 1.54) is 12.3 Å². The Bertz CT molecular complexity index is 1350. The summed E-state index contributed by atoms with van der Waals surface area (Å²) in [5.74, 6) is -0.717. The Hall–Kier alpha value is -2.79. The highest BCUT2D eigenvalue weighted by atomic mass is 35.5. The van der Waals surface area contributed by atoms with Crippen molar-refractivity contribution in [2.45, 2.75) is 19.9 Å². The molecule has 0 spiro atoms. The van der Waals surface area contributed by atoms with Crippen LogP contribution in [-0.2, 0) is 11.3 Å². The number of halogens is 3. The van der Waals surface area contributed by atoms with Crippen molar-refractivity contribution >= 4 is 52.0 Å². The molecule has 1 saturated heterocycles. The second kappa shape index (κ2) is 10.9. The summed E-state index contributed by atoms with van der Waals surface area (Å²) in [6, 6.07) is 2.98. The number of H-pyrrole nitrogens is 1. The molecule has 1 aliphatic heterocycles. The minimum Gasteiger partial charge on any atom is -0.379 e. The number of rotatable bonds is 7. The quantitative estimate of drug-likeness (QED) is 0.384. The molecule has 5 rings (SSSR count). The molecule has 0 bridgehead atoms. The fraction of sp³-hybridized carbons (Fsp3) is 0.391. The first-order valence-electron chi connectivity index (χ1n) is 11.3. The van der Waals surface area contributed by atoms with E-state index in [4.69, 9.17) is 21.4 Å².